The second kappa shape index (κ2) is 5.93. The third-order valence-electron chi connectivity index (χ3n) is 2.95. The average Bonchev–Trinajstić information content (AvgIpc) is 3.16. The van der Waals surface area contributed by atoms with Crippen LogP contribution in [0.2, 0.25) is 0 Å². The Balaban J connectivity index is 1.70. The smallest absolute Gasteiger partial charge is 0.238 e. The molecule has 0 radical (unpaired) electrons. The molecule has 98 valence electrons. The average molecular weight is 252 g/mol. The number of nitrogens with one attached hydrogen (secondary N) is 2. The molecule has 1 amide bonds. The first kappa shape index (κ1) is 13.0. The number of aliphatic hydroxyl groups is 1. The fourth-order valence-corrected chi connectivity index (χ4v) is 1.74. The largest absolute Gasteiger partial charge is 0.392 e. The normalized spacial score (nSPS) is 16.3. The number of carbonyl (C=O) groups excluding carboxylic acids is 1. The Kier molecular flexibility index (Phi) is 4.28. The van der Waals surface area contributed by atoms with Gasteiger partial charge in [0.25, 0.3) is 0 Å². The lowest BCUT2D eigenvalue weighted by molar-refractivity contribution is -0.115. The molecular formula is C13H17FN2O2. The highest BCUT2D eigenvalue weighted by atomic mass is 19.1. The molecule has 1 fully saturated rings. The maximum atomic E-state index is 13.2. The summed E-state index contributed by atoms with van der Waals surface area (Å²) in [6.45, 7) is 0.466. The molecule has 3 N–H and O–H groups in total. The number of benzene rings is 1. The lowest BCUT2D eigenvalue weighted by Gasteiger charge is -2.11. The molecule has 2 rings (SSSR count). The van der Waals surface area contributed by atoms with Gasteiger partial charge in [-0.05, 0) is 30.9 Å². The standard InChI is InChI=1S/C13H17FN2O2/c14-10-3-1-2-4-11(10)16-13(18)8-15-7-12(17)9-5-6-9/h1-4,9,12,15,17H,5-8H2,(H,16,18). The van der Waals surface area contributed by atoms with Gasteiger partial charge in [-0.25, -0.2) is 4.39 Å². The van der Waals surface area contributed by atoms with Crippen molar-refractivity contribution in [3.8, 4) is 0 Å². The first-order valence-electron chi connectivity index (χ1n) is 6.10. The molecule has 4 nitrogen and oxygen atoms in total. The van der Waals surface area contributed by atoms with Crippen LogP contribution in [0.5, 0.6) is 0 Å². The maximum Gasteiger partial charge on any atom is 0.238 e. The Hall–Kier alpha value is -1.46. The zero-order valence-corrected chi connectivity index (χ0v) is 10.0. The zero-order valence-electron chi connectivity index (χ0n) is 10.0. The van der Waals surface area contributed by atoms with Crippen LogP contribution >= 0.6 is 0 Å². The number of rotatable bonds is 6. The van der Waals surface area contributed by atoms with E-state index < -0.39 is 5.82 Å². The molecule has 1 aromatic carbocycles. The number of amides is 1. The summed E-state index contributed by atoms with van der Waals surface area (Å²) in [5.74, 6) is -0.390. The molecule has 0 aromatic heterocycles. The molecule has 0 aliphatic heterocycles. The highest BCUT2D eigenvalue weighted by Crippen LogP contribution is 2.32. The Labute approximate surface area is 105 Å². The van der Waals surface area contributed by atoms with Gasteiger partial charge in [-0.15, -0.1) is 0 Å². The molecule has 0 saturated heterocycles. The fourth-order valence-electron chi connectivity index (χ4n) is 1.74. The molecule has 0 spiro atoms. The summed E-state index contributed by atoms with van der Waals surface area (Å²) < 4.78 is 13.2. The number of hydrogen-bond acceptors (Lipinski definition) is 3. The third kappa shape index (κ3) is 3.78. The Morgan fingerprint density at radius 2 is 2.17 bits per heavy atom. The highest BCUT2D eigenvalue weighted by Gasteiger charge is 2.29. The Morgan fingerprint density at radius 1 is 1.44 bits per heavy atom. The van der Waals surface area contributed by atoms with Crippen molar-refractivity contribution in [3.63, 3.8) is 0 Å². The summed E-state index contributed by atoms with van der Waals surface area (Å²) >= 11 is 0. The number of para-hydroxylation sites is 1. The lowest BCUT2D eigenvalue weighted by Crippen LogP contribution is -2.34. The number of halogens is 1. The molecule has 18 heavy (non-hydrogen) atoms. The van der Waals surface area contributed by atoms with Gasteiger partial charge in [0.05, 0.1) is 18.3 Å². The van der Waals surface area contributed by atoms with Crippen LogP contribution in [-0.2, 0) is 4.79 Å². The van der Waals surface area contributed by atoms with E-state index in [4.69, 9.17) is 0 Å². The third-order valence-corrected chi connectivity index (χ3v) is 2.95. The topological polar surface area (TPSA) is 61.4 Å². The molecule has 0 bridgehead atoms. The monoisotopic (exact) mass is 252 g/mol. The van der Waals surface area contributed by atoms with Crippen LogP contribution in [0.1, 0.15) is 12.8 Å². The molecule has 1 unspecified atom stereocenters. The molecule has 1 aliphatic rings. The predicted molar refractivity (Wildman–Crippen MR) is 66.6 cm³/mol. The minimum atomic E-state index is -0.455. The van der Waals surface area contributed by atoms with Crippen molar-refractivity contribution in [1.29, 1.82) is 0 Å². The quantitative estimate of drug-likeness (QED) is 0.711. The van der Waals surface area contributed by atoms with Crippen molar-refractivity contribution in [2.75, 3.05) is 18.4 Å². The van der Waals surface area contributed by atoms with Crippen LogP contribution in [-0.4, -0.2) is 30.2 Å². The summed E-state index contributed by atoms with van der Waals surface area (Å²) in [5, 5.41) is 14.9. The van der Waals surface area contributed by atoms with Crippen molar-refractivity contribution < 1.29 is 14.3 Å². The van der Waals surface area contributed by atoms with Gasteiger partial charge in [0, 0.05) is 6.54 Å². The Bertz CT molecular complexity index is 421. The molecule has 0 heterocycles. The van der Waals surface area contributed by atoms with Crippen molar-refractivity contribution in [1.82, 2.24) is 5.32 Å². The number of hydrogen-bond donors (Lipinski definition) is 3. The predicted octanol–water partition coefficient (Wildman–Crippen LogP) is 1.12. The van der Waals surface area contributed by atoms with Crippen molar-refractivity contribution in [2.45, 2.75) is 18.9 Å². The van der Waals surface area contributed by atoms with E-state index in [1.807, 2.05) is 0 Å². The highest BCUT2D eigenvalue weighted by molar-refractivity contribution is 5.92. The van der Waals surface area contributed by atoms with Gasteiger partial charge in [-0.1, -0.05) is 12.1 Å². The minimum Gasteiger partial charge on any atom is -0.392 e. The zero-order chi connectivity index (χ0) is 13.0. The Morgan fingerprint density at radius 3 is 2.83 bits per heavy atom. The van der Waals surface area contributed by atoms with Crippen LogP contribution in [0.4, 0.5) is 10.1 Å². The first-order valence-corrected chi connectivity index (χ1v) is 6.10. The number of aliphatic hydroxyl groups excluding tert-OH is 1. The van der Waals surface area contributed by atoms with Crippen LogP contribution < -0.4 is 10.6 Å². The van der Waals surface area contributed by atoms with Gasteiger partial charge >= 0.3 is 0 Å². The summed E-state index contributed by atoms with van der Waals surface area (Å²) in [5.41, 5.74) is 0.173. The second-order valence-electron chi connectivity index (χ2n) is 4.56. The van der Waals surface area contributed by atoms with E-state index in [9.17, 15) is 14.3 Å². The van der Waals surface area contributed by atoms with Crippen LogP contribution in [0.15, 0.2) is 24.3 Å². The molecule has 1 aromatic rings. The number of carbonyl (C=O) groups is 1. The van der Waals surface area contributed by atoms with Crippen molar-refractivity contribution in [3.05, 3.63) is 30.1 Å². The maximum absolute atomic E-state index is 13.2. The van der Waals surface area contributed by atoms with Crippen LogP contribution in [0.3, 0.4) is 0 Å². The van der Waals surface area contributed by atoms with E-state index in [-0.39, 0.29) is 24.2 Å². The summed E-state index contributed by atoms with van der Waals surface area (Å²) in [4.78, 5) is 11.5. The second-order valence-corrected chi connectivity index (χ2v) is 4.56. The van der Waals surface area contributed by atoms with Gasteiger partial charge in [-0.3, -0.25) is 4.79 Å². The fraction of sp³-hybridized carbons (Fsp3) is 0.462. The van der Waals surface area contributed by atoms with E-state index in [1.54, 1.807) is 12.1 Å². The minimum absolute atomic E-state index is 0.0676. The van der Waals surface area contributed by atoms with Crippen molar-refractivity contribution in [2.24, 2.45) is 5.92 Å². The molecule has 1 atom stereocenters. The summed E-state index contributed by atoms with van der Waals surface area (Å²) in [6, 6.07) is 6.02. The SMILES string of the molecule is O=C(CNCC(O)C1CC1)Nc1ccccc1F. The molecule has 5 heteroatoms. The van der Waals surface area contributed by atoms with Gasteiger partial charge in [-0.2, -0.15) is 0 Å². The van der Waals surface area contributed by atoms with E-state index in [0.717, 1.165) is 12.8 Å². The van der Waals surface area contributed by atoms with Crippen LogP contribution in [0.25, 0.3) is 0 Å². The van der Waals surface area contributed by atoms with Crippen molar-refractivity contribution >= 4 is 11.6 Å². The first-order chi connectivity index (χ1) is 8.66. The summed E-state index contributed by atoms with van der Waals surface area (Å²) in [7, 11) is 0. The van der Waals surface area contributed by atoms with Crippen LogP contribution in [0, 0.1) is 11.7 Å². The van der Waals surface area contributed by atoms with Gasteiger partial charge in [0.15, 0.2) is 0 Å². The number of anilines is 1. The van der Waals surface area contributed by atoms with E-state index in [2.05, 4.69) is 10.6 Å². The van der Waals surface area contributed by atoms with E-state index in [0.29, 0.717) is 12.5 Å². The summed E-state index contributed by atoms with van der Waals surface area (Å²) in [6.07, 6.45) is 1.74. The lowest BCUT2D eigenvalue weighted by atomic mass is 10.2. The van der Waals surface area contributed by atoms with Gasteiger partial charge < -0.3 is 15.7 Å². The van der Waals surface area contributed by atoms with E-state index >= 15 is 0 Å². The van der Waals surface area contributed by atoms with Gasteiger partial charge in [0.2, 0.25) is 5.91 Å². The van der Waals surface area contributed by atoms with Gasteiger partial charge in [0.1, 0.15) is 5.82 Å². The molecule has 1 saturated carbocycles. The van der Waals surface area contributed by atoms with E-state index in [1.165, 1.54) is 12.1 Å². The molecule has 1 aliphatic carbocycles. The molecular weight excluding hydrogens is 235 g/mol.